The van der Waals surface area contributed by atoms with Gasteiger partial charge in [0.1, 0.15) is 0 Å². The van der Waals surface area contributed by atoms with Gasteiger partial charge in [-0.15, -0.1) is 11.3 Å². The molecule has 0 aromatic carbocycles. The second-order valence-corrected chi connectivity index (χ2v) is 8.74. The standard InChI is InChI=1S/C14H21Br2NS/c1-2-3-4-5-6-7-8-17-9-11-12(10-17)14(16)18-13(11)15/h2-10H2,1H3. The molecule has 2 rings (SSSR count). The van der Waals surface area contributed by atoms with E-state index in [9.17, 15) is 0 Å². The summed E-state index contributed by atoms with van der Waals surface area (Å²) >= 11 is 9.15. The van der Waals surface area contributed by atoms with Crippen molar-refractivity contribution in [2.24, 2.45) is 0 Å². The van der Waals surface area contributed by atoms with Crippen LogP contribution in [-0.4, -0.2) is 11.4 Å². The molecular weight excluding hydrogens is 374 g/mol. The Morgan fingerprint density at radius 3 is 2.11 bits per heavy atom. The van der Waals surface area contributed by atoms with E-state index in [1.165, 1.54) is 63.8 Å². The summed E-state index contributed by atoms with van der Waals surface area (Å²) in [4.78, 5) is 2.58. The van der Waals surface area contributed by atoms with Crippen LogP contribution in [-0.2, 0) is 13.1 Å². The predicted molar refractivity (Wildman–Crippen MR) is 87.2 cm³/mol. The Morgan fingerprint density at radius 2 is 1.50 bits per heavy atom. The highest BCUT2D eigenvalue weighted by atomic mass is 79.9. The van der Waals surface area contributed by atoms with Crippen molar-refractivity contribution < 1.29 is 0 Å². The third-order valence-electron chi connectivity index (χ3n) is 3.61. The molecule has 1 aliphatic rings. The fourth-order valence-corrected chi connectivity index (χ4v) is 5.66. The van der Waals surface area contributed by atoms with E-state index in [-0.39, 0.29) is 0 Å². The van der Waals surface area contributed by atoms with Crippen LogP contribution in [0.15, 0.2) is 7.57 Å². The van der Waals surface area contributed by atoms with E-state index in [4.69, 9.17) is 0 Å². The summed E-state index contributed by atoms with van der Waals surface area (Å²) in [7, 11) is 0. The second kappa shape index (κ2) is 7.41. The molecule has 0 unspecified atom stereocenters. The summed E-state index contributed by atoms with van der Waals surface area (Å²) in [6.07, 6.45) is 8.32. The van der Waals surface area contributed by atoms with Crippen LogP contribution in [0.3, 0.4) is 0 Å². The van der Waals surface area contributed by atoms with Crippen LogP contribution in [0.25, 0.3) is 0 Å². The summed E-state index contributed by atoms with van der Waals surface area (Å²) in [6.45, 7) is 5.79. The number of hydrogen-bond donors (Lipinski definition) is 0. The lowest BCUT2D eigenvalue weighted by Gasteiger charge is -2.14. The average molecular weight is 395 g/mol. The number of nitrogens with zero attached hydrogens (tertiary/aromatic N) is 1. The first-order valence-electron chi connectivity index (χ1n) is 6.90. The Bertz CT molecular complexity index is 363. The quantitative estimate of drug-likeness (QED) is 0.516. The van der Waals surface area contributed by atoms with Crippen LogP contribution < -0.4 is 0 Å². The molecule has 102 valence electrons. The molecule has 0 aliphatic carbocycles. The highest BCUT2D eigenvalue weighted by Gasteiger charge is 2.25. The molecular formula is C14H21Br2NS. The van der Waals surface area contributed by atoms with Crippen LogP contribution in [0.1, 0.15) is 56.6 Å². The van der Waals surface area contributed by atoms with Crippen LogP contribution >= 0.6 is 43.2 Å². The lowest BCUT2D eigenvalue weighted by atomic mass is 10.1. The lowest BCUT2D eigenvalue weighted by Crippen LogP contribution is -2.17. The van der Waals surface area contributed by atoms with E-state index in [0.717, 1.165) is 13.1 Å². The molecule has 1 aliphatic heterocycles. The molecule has 2 heterocycles. The summed E-state index contributed by atoms with van der Waals surface area (Å²) in [5.41, 5.74) is 3.02. The first-order chi connectivity index (χ1) is 8.72. The first kappa shape index (κ1) is 15.0. The van der Waals surface area contributed by atoms with Gasteiger partial charge in [0, 0.05) is 13.1 Å². The van der Waals surface area contributed by atoms with E-state index in [0.29, 0.717) is 0 Å². The van der Waals surface area contributed by atoms with Gasteiger partial charge in [-0.25, -0.2) is 0 Å². The van der Waals surface area contributed by atoms with Crippen LogP contribution in [0.5, 0.6) is 0 Å². The number of rotatable bonds is 7. The summed E-state index contributed by atoms with van der Waals surface area (Å²) in [6, 6.07) is 0. The molecule has 0 radical (unpaired) electrons. The minimum Gasteiger partial charge on any atom is -0.295 e. The van der Waals surface area contributed by atoms with Gasteiger partial charge in [0.25, 0.3) is 0 Å². The van der Waals surface area contributed by atoms with E-state index in [1.54, 1.807) is 0 Å². The fraction of sp³-hybridized carbons (Fsp3) is 0.714. The summed E-state index contributed by atoms with van der Waals surface area (Å²) < 4.78 is 2.63. The van der Waals surface area contributed by atoms with Crippen LogP contribution in [0.4, 0.5) is 0 Å². The van der Waals surface area contributed by atoms with Crippen molar-refractivity contribution in [2.75, 3.05) is 6.54 Å². The maximum atomic E-state index is 3.67. The van der Waals surface area contributed by atoms with Gasteiger partial charge < -0.3 is 0 Å². The van der Waals surface area contributed by atoms with Gasteiger partial charge >= 0.3 is 0 Å². The molecule has 0 spiro atoms. The second-order valence-electron chi connectivity index (χ2n) is 5.09. The van der Waals surface area contributed by atoms with E-state index in [2.05, 4.69) is 43.7 Å². The maximum absolute atomic E-state index is 3.67. The van der Waals surface area contributed by atoms with Gasteiger partial charge in [0.2, 0.25) is 0 Å². The van der Waals surface area contributed by atoms with Gasteiger partial charge in [-0.1, -0.05) is 39.0 Å². The molecule has 0 bridgehead atoms. The van der Waals surface area contributed by atoms with Crippen molar-refractivity contribution in [1.82, 2.24) is 4.90 Å². The third-order valence-corrected chi connectivity index (χ3v) is 6.39. The third kappa shape index (κ3) is 3.81. The Morgan fingerprint density at radius 1 is 0.944 bits per heavy atom. The zero-order chi connectivity index (χ0) is 13.0. The Balaban J connectivity index is 1.67. The minimum atomic E-state index is 1.13. The molecule has 0 fully saturated rings. The highest BCUT2D eigenvalue weighted by molar-refractivity contribution is 9.12. The van der Waals surface area contributed by atoms with Crippen molar-refractivity contribution in [2.45, 2.75) is 58.5 Å². The normalized spacial score (nSPS) is 15.3. The topological polar surface area (TPSA) is 3.24 Å². The molecule has 1 aromatic heterocycles. The van der Waals surface area contributed by atoms with Crippen molar-refractivity contribution in [1.29, 1.82) is 0 Å². The zero-order valence-corrected chi connectivity index (χ0v) is 15.0. The number of halogens is 2. The van der Waals surface area contributed by atoms with Crippen molar-refractivity contribution in [3.63, 3.8) is 0 Å². The van der Waals surface area contributed by atoms with Crippen LogP contribution in [0, 0.1) is 0 Å². The van der Waals surface area contributed by atoms with Crippen LogP contribution in [0.2, 0.25) is 0 Å². The Hall–Kier alpha value is 0.620. The smallest absolute Gasteiger partial charge is 0.0758 e. The number of unbranched alkanes of at least 4 members (excludes halogenated alkanes) is 5. The highest BCUT2D eigenvalue weighted by Crippen LogP contribution is 2.41. The first-order valence-corrected chi connectivity index (χ1v) is 9.30. The molecule has 0 atom stereocenters. The Kier molecular flexibility index (Phi) is 6.19. The lowest BCUT2D eigenvalue weighted by molar-refractivity contribution is 0.275. The maximum Gasteiger partial charge on any atom is 0.0758 e. The van der Waals surface area contributed by atoms with Gasteiger partial charge in [0.05, 0.1) is 7.57 Å². The zero-order valence-electron chi connectivity index (χ0n) is 11.0. The van der Waals surface area contributed by atoms with Gasteiger partial charge in [0.15, 0.2) is 0 Å². The number of fused-ring (bicyclic) bond motifs is 1. The van der Waals surface area contributed by atoms with E-state index in [1.807, 2.05) is 11.3 Å². The van der Waals surface area contributed by atoms with Crippen molar-refractivity contribution in [3.8, 4) is 0 Å². The monoisotopic (exact) mass is 393 g/mol. The Labute approximate surface area is 131 Å². The molecule has 1 nitrogen and oxygen atoms in total. The van der Waals surface area contributed by atoms with E-state index < -0.39 is 0 Å². The largest absolute Gasteiger partial charge is 0.295 e. The average Bonchev–Trinajstić information content (AvgIpc) is 2.87. The summed E-state index contributed by atoms with van der Waals surface area (Å²) in [5.74, 6) is 0. The molecule has 4 heteroatoms. The fourth-order valence-electron chi connectivity index (χ4n) is 2.53. The molecule has 1 aromatic rings. The number of hydrogen-bond acceptors (Lipinski definition) is 2. The molecule has 0 saturated carbocycles. The van der Waals surface area contributed by atoms with Crippen molar-refractivity contribution in [3.05, 3.63) is 18.7 Å². The predicted octanol–water partition coefficient (Wildman–Crippen LogP) is 5.95. The SMILES string of the molecule is CCCCCCCCN1Cc2c(Br)sc(Br)c2C1. The van der Waals surface area contributed by atoms with E-state index >= 15 is 0 Å². The minimum absolute atomic E-state index is 1.13. The van der Waals surface area contributed by atoms with Crippen molar-refractivity contribution >= 4 is 43.2 Å². The van der Waals surface area contributed by atoms with Gasteiger partial charge in [-0.2, -0.15) is 0 Å². The molecule has 0 N–H and O–H groups in total. The van der Waals surface area contributed by atoms with Gasteiger partial charge in [-0.05, 0) is 56.0 Å². The molecule has 0 amide bonds. The molecule has 0 saturated heterocycles. The molecule has 18 heavy (non-hydrogen) atoms. The number of thiophene rings is 1. The van der Waals surface area contributed by atoms with Gasteiger partial charge in [-0.3, -0.25) is 4.90 Å². The summed E-state index contributed by atoms with van der Waals surface area (Å²) in [5, 5.41) is 0.